The van der Waals surface area contributed by atoms with E-state index in [1.807, 2.05) is 0 Å². The van der Waals surface area contributed by atoms with Crippen molar-refractivity contribution in [3.05, 3.63) is 18.2 Å². The van der Waals surface area contributed by atoms with Crippen LogP contribution in [-0.4, -0.2) is 58.3 Å². The fraction of sp³-hybridized carbons (Fsp3) is 0.562. The van der Waals surface area contributed by atoms with E-state index in [2.05, 4.69) is 10.3 Å². The largest absolute Gasteiger partial charge is 0.493 e. The van der Waals surface area contributed by atoms with E-state index in [9.17, 15) is 8.42 Å². The van der Waals surface area contributed by atoms with Crippen molar-refractivity contribution in [1.29, 1.82) is 0 Å². The maximum Gasteiger partial charge on any atom is 0.211 e. The molecule has 10 heteroatoms. The lowest BCUT2D eigenvalue weighted by Crippen LogP contribution is -2.45. The molecule has 0 spiro atoms. The van der Waals surface area contributed by atoms with Gasteiger partial charge in [0, 0.05) is 24.3 Å². The van der Waals surface area contributed by atoms with Gasteiger partial charge in [-0.1, -0.05) is 6.42 Å². The molecule has 1 aliphatic rings. The number of nitrogens with two attached hydrogens (primary N) is 1. The average molecular weight is 498 g/mol. The molecule has 1 saturated heterocycles. The lowest BCUT2D eigenvalue weighted by atomic mass is 10.1. The highest BCUT2D eigenvalue weighted by atomic mass is 127. The molecule has 3 N–H and O–H groups in total. The molecule has 148 valence electrons. The third-order valence-electron chi connectivity index (χ3n) is 4.13. The zero-order valence-electron chi connectivity index (χ0n) is 15.3. The lowest BCUT2D eigenvalue weighted by Gasteiger charge is -2.32. The Bertz CT molecular complexity index is 727. The number of hydrogen-bond donors (Lipinski definition) is 2. The van der Waals surface area contributed by atoms with Gasteiger partial charge in [-0.05, 0) is 25.0 Å². The predicted molar refractivity (Wildman–Crippen MR) is 114 cm³/mol. The van der Waals surface area contributed by atoms with Gasteiger partial charge >= 0.3 is 0 Å². The Labute approximate surface area is 172 Å². The van der Waals surface area contributed by atoms with Crippen LogP contribution in [0.4, 0.5) is 5.69 Å². The van der Waals surface area contributed by atoms with E-state index in [1.54, 1.807) is 32.4 Å². The summed E-state index contributed by atoms with van der Waals surface area (Å²) in [7, 11) is -0.101. The molecule has 1 aromatic carbocycles. The van der Waals surface area contributed by atoms with Crippen LogP contribution >= 0.6 is 24.0 Å². The molecule has 1 heterocycles. The molecule has 2 rings (SSSR count). The van der Waals surface area contributed by atoms with Crippen molar-refractivity contribution < 1.29 is 17.9 Å². The van der Waals surface area contributed by atoms with Gasteiger partial charge in [0.2, 0.25) is 10.0 Å². The molecule has 8 nitrogen and oxygen atoms in total. The first-order valence-electron chi connectivity index (χ1n) is 8.11. The molecule has 1 fully saturated rings. The van der Waals surface area contributed by atoms with Crippen molar-refractivity contribution in [2.75, 3.05) is 38.9 Å². The molecule has 0 amide bonds. The Balaban J connectivity index is 0.00000338. The first-order valence-corrected chi connectivity index (χ1v) is 9.95. The van der Waals surface area contributed by atoms with Crippen molar-refractivity contribution in [2.24, 2.45) is 10.7 Å². The van der Waals surface area contributed by atoms with E-state index < -0.39 is 10.0 Å². The lowest BCUT2D eigenvalue weighted by molar-refractivity contribution is 0.259. The van der Waals surface area contributed by atoms with Crippen LogP contribution in [0, 0.1) is 0 Å². The highest BCUT2D eigenvalue weighted by Gasteiger charge is 2.28. The Morgan fingerprint density at radius 3 is 2.62 bits per heavy atom. The number of anilines is 1. The van der Waals surface area contributed by atoms with Gasteiger partial charge in [-0.15, -0.1) is 24.0 Å². The number of benzene rings is 1. The van der Waals surface area contributed by atoms with Crippen LogP contribution in [0.25, 0.3) is 0 Å². The molecule has 1 atom stereocenters. The maximum atomic E-state index is 11.9. The number of methoxy groups -OCH3 is 2. The molecule has 0 bridgehead atoms. The second-order valence-electron chi connectivity index (χ2n) is 5.94. The van der Waals surface area contributed by atoms with Crippen LogP contribution < -0.4 is 20.5 Å². The summed E-state index contributed by atoms with van der Waals surface area (Å²) in [5.41, 5.74) is 6.65. The minimum atomic E-state index is -3.23. The topological polar surface area (TPSA) is 106 Å². The maximum absolute atomic E-state index is 11.9. The summed E-state index contributed by atoms with van der Waals surface area (Å²) in [6, 6.07) is 5.17. The highest BCUT2D eigenvalue weighted by molar-refractivity contribution is 14.0. The Morgan fingerprint density at radius 1 is 1.31 bits per heavy atom. The van der Waals surface area contributed by atoms with Crippen LogP contribution in [0.5, 0.6) is 11.5 Å². The zero-order chi connectivity index (χ0) is 18.4. The molecule has 1 aromatic rings. The standard InChI is InChI=1S/C16H26N4O4S.HI/c1-23-14-8-7-12(10-15(14)24-2)19-16(17)18-11-13-6-4-5-9-20(13)25(3,21)22;/h7-8,10,13H,4-6,9,11H2,1-3H3,(H3,17,18,19);1H. The molecule has 26 heavy (non-hydrogen) atoms. The highest BCUT2D eigenvalue weighted by Crippen LogP contribution is 2.29. The normalized spacial score (nSPS) is 18.7. The van der Waals surface area contributed by atoms with Crippen molar-refractivity contribution >= 4 is 45.6 Å². The monoisotopic (exact) mass is 498 g/mol. The van der Waals surface area contributed by atoms with Gasteiger partial charge in [0.25, 0.3) is 0 Å². The fourth-order valence-corrected chi connectivity index (χ4v) is 4.07. The molecule has 0 aromatic heterocycles. The Hall–Kier alpha value is -1.27. The van der Waals surface area contributed by atoms with Crippen LogP contribution in [0.3, 0.4) is 0 Å². The van der Waals surface area contributed by atoms with Crippen molar-refractivity contribution in [1.82, 2.24) is 4.31 Å². The van der Waals surface area contributed by atoms with Gasteiger partial charge in [-0.25, -0.2) is 8.42 Å². The smallest absolute Gasteiger partial charge is 0.211 e. The summed E-state index contributed by atoms with van der Waals surface area (Å²) in [5, 5.41) is 2.99. The average Bonchev–Trinajstić information content (AvgIpc) is 2.59. The molecule has 1 aliphatic heterocycles. The van der Waals surface area contributed by atoms with Crippen LogP contribution in [-0.2, 0) is 10.0 Å². The number of nitrogens with zero attached hydrogens (tertiary/aromatic N) is 2. The van der Waals surface area contributed by atoms with E-state index >= 15 is 0 Å². The van der Waals surface area contributed by atoms with Crippen molar-refractivity contribution in [3.8, 4) is 11.5 Å². The van der Waals surface area contributed by atoms with Crippen LogP contribution in [0.2, 0.25) is 0 Å². The molecular weight excluding hydrogens is 471 g/mol. The predicted octanol–water partition coefficient (Wildman–Crippen LogP) is 1.86. The summed E-state index contributed by atoms with van der Waals surface area (Å²) in [6.07, 6.45) is 3.91. The second kappa shape index (κ2) is 10.2. The van der Waals surface area contributed by atoms with E-state index in [0.717, 1.165) is 19.3 Å². The SMILES string of the molecule is COc1ccc(NC(N)=NCC2CCCCN2S(C)(=O)=O)cc1OC.I. The third kappa shape index (κ3) is 6.16. The summed E-state index contributed by atoms with van der Waals surface area (Å²) in [6.45, 7) is 0.876. The first kappa shape index (κ1) is 22.8. The number of rotatable bonds is 6. The van der Waals surface area contributed by atoms with Gasteiger partial charge in [0.1, 0.15) is 0 Å². The summed E-state index contributed by atoms with van der Waals surface area (Å²) in [4.78, 5) is 4.31. The molecule has 0 aliphatic carbocycles. The number of sulfonamides is 1. The van der Waals surface area contributed by atoms with Gasteiger partial charge in [-0.3, -0.25) is 4.99 Å². The van der Waals surface area contributed by atoms with Gasteiger partial charge in [0.05, 0.1) is 27.0 Å². The van der Waals surface area contributed by atoms with Crippen molar-refractivity contribution in [3.63, 3.8) is 0 Å². The number of ether oxygens (including phenoxy) is 2. The van der Waals surface area contributed by atoms with E-state index in [4.69, 9.17) is 15.2 Å². The van der Waals surface area contributed by atoms with Crippen molar-refractivity contribution in [2.45, 2.75) is 25.3 Å². The van der Waals surface area contributed by atoms with E-state index in [1.165, 1.54) is 10.6 Å². The Morgan fingerprint density at radius 2 is 2.00 bits per heavy atom. The van der Waals surface area contributed by atoms with Gasteiger partial charge in [-0.2, -0.15) is 4.31 Å². The number of hydrogen-bond acceptors (Lipinski definition) is 5. The zero-order valence-corrected chi connectivity index (χ0v) is 18.4. The van der Waals surface area contributed by atoms with Gasteiger partial charge in [0.15, 0.2) is 17.5 Å². The van der Waals surface area contributed by atoms with E-state index in [0.29, 0.717) is 30.3 Å². The number of aliphatic imine (C=N–C) groups is 1. The Kier molecular flexibility index (Phi) is 8.90. The van der Waals surface area contributed by atoms with Crippen LogP contribution in [0.15, 0.2) is 23.2 Å². The van der Waals surface area contributed by atoms with Gasteiger partial charge < -0.3 is 20.5 Å². The van der Waals surface area contributed by atoms with Crippen LogP contribution in [0.1, 0.15) is 19.3 Å². The number of piperidine rings is 1. The number of nitrogens with one attached hydrogen (secondary N) is 1. The molecule has 1 unspecified atom stereocenters. The fourth-order valence-electron chi connectivity index (χ4n) is 2.90. The molecule has 0 radical (unpaired) electrons. The van der Waals surface area contributed by atoms with E-state index in [-0.39, 0.29) is 36.0 Å². The minimum Gasteiger partial charge on any atom is -0.493 e. The summed E-state index contributed by atoms with van der Waals surface area (Å²) in [5.74, 6) is 1.43. The second-order valence-corrected chi connectivity index (χ2v) is 7.88. The first-order chi connectivity index (χ1) is 11.8. The number of guanidine groups is 1. The quantitative estimate of drug-likeness (QED) is 0.353. The summed E-state index contributed by atoms with van der Waals surface area (Å²) < 4.78 is 35.7. The summed E-state index contributed by atoms with van der Waals surface area (Å²) >= 11 is 0. The molecular formula is C16H27IN4O4S. The minimum absolute atomic E-state index is 0. The number of halogens is 1. The molecule has 0 saturated carbocycles. The third-order valence-corrected chi connectivity index (χ3v) is 5.46.